The summed E-state index contributed by atoms with van der Waals surface area (Å²) in [6, 6.07) is 8.17. The predicted molar refractivity (Wildman–Crippen MR) is 94.4 cm³/mol. The third kappa shape index (κ3) is 4.95. The van der Waals surface area contributed by atoms with Gasteiger partial charge in [-0.15, -0.1) is 12.4 Å². The van der Waals surface area contributed by atoms with Crippen LogP contribution in [0, 0.1) is 0 Å². The SMILES string of the molecule is CC(C)(CNC(=O)[C@@H]1CC[C@H](CN)O1)c1cccc(Br)c1.Cl. The van der Waals surface area contributed by atoms with Gasteiger partial charge in [-0.05, 0) is 30.5 Å². The fourth-order valence-electron chi connectivity index (χ4n) is 2.51. The summed E-state index contributed by atoms with van der Waals surface area (Å²) in [6.45, 7) is 5.29. The maximum Gasteiger partial charge on any atom is 0.249 e. The minimum atomic E-state index is -0.350. The predicted octanol–water partition coefficient (Wildman–Crippen LogP) is 2.77. The molecule has 22 heavy (non-hydrogen) atoms. The van der Waals surface area contributed by atoms with E-state index in [0.717, 1.165) is 17.3 Å². The van der Waals surface area contributed by atoms with Gasteiger partial charge in [0, 0.05) is 23.0 Å². The zero-order chi connectivity index (χ0) is 15.5. The Morgan fingerprint density at radius 2 is 2.18 bits per heavy atom. The first-order chi connectivity index (χ1) is 9.92. The Kier molecular flexibility index (Phi) is 7.32. The standard InChI is InChI=1S/C16H23BrN2O2.ClH/c1-16(2,11-4-3-5-12(17)8-11)10-19-15(20)14-7-6-13(9-18)21-14;/h3-5,8,13-14H,6-7,9-10,18H2,1-2H3,(H,19,20);1H/t13-,14+;/m1./s1. The number of rotatable bonds is 5. The maximum atomic E-state index is 12.2. The minimum absolute atomic E-state index is 0. The van der Waals surface area contributed by atoms with E-state index in [1.54, 1.807) is 0 Å². The van der Waals surface area contributed by atoms with Crippen LogP contribution in [-0.2, 0) is 14.9 Å². The Labute approximate surface area is 146 Å². The van der Waals surface area contributed by atoms with E-state index >= 15 is 0 Å². The molecule has 1 amide bonds. The topological polar surface area (TPSA) is 64.4 Å². The molecule has 0 bridgehead atoms. The second-order valence-electron chi connectivity index (χ2n) is 6.17. The molecule has 124 valence electrons. The van der Waals surface area contributed by atoms with Gasteiger partial charge in [0.05, 0.1) is 6.10 Å². The number of carbonyl (C=O) groups excluding carboxylic acids is 1. The Morgan fingerprint density at radius 1 is 1.45 bits per heavy atom. The van der Waals surface area contributed by atoms with Gasteiger partial charge in [0.1, 0.15) is 6.10 Å². The number of amides is 1. The lowest BCUT2D eigenvalue weighted by Gasteiger charge is -2.26. The number of hydrogen-bond acceptors (Lipinski definition) is 3. The molecular weight excluding hydrogens is 368 g/mol. The zero-order valence-corrected chi connectivity index (χ0v) is 15.4. The van der Waals surface area contributed by atoms with Crippen molar-refractivity contribution in [1.82, 2.24) is 5.32 Å². The van der Waals surface area contributed by atoms with Crippen LogP contribution < -0.4 is 11.1 Å². The number of nitrogens with one attached hydrogen (secondary N) is 1. The van der Waals surface area contributed by atoms with Gasteiger partial charge in [-0.1, -0.05) is 41.9 Å². The van der Waals surface area contributed by atoms with Crippen LogP contribution in [0.3, 0.4) is 0 Å². The van der Waals surface area contributed by atoms with Crippen LogP contribution in [0.15, 0.2) is 28.7 Å². The normalized spacial score (nSPS) is 21.3. The van der Waals surface area contributed by atoms with E-state index < -0.39 is 0 Å². The molecule has 1 aromatic rings. The molecule has 2 rings (SSSR count). The van der Waals surface area contributed by atoms with E-state index in [4.69, 9.17) is 10.5 Å². The summed E-state index contributed by atoms with van der Waals surface area (Å²) in [5.74, 6) is -0.0333. The second-order valence-corrected chi connectivity index (χ2v) is 7.09. The lowest BCUT2D eigenvalue weighted by Crippen LogP contribution is -2.42. The quantitative estimate of drug-likeness (QED) is 0.811. The average Bonchev–Trinajstić information content (AvgIpc) is 2.94. The van der Waals surface area contributed by atoms with Crippen LogP contribution in [0.25, 0.3) is 0 Å². The zero-order valence-electron chi connectivity index (χ0n) is 13.0. The van der Waals surface area contributed by atoms with Crippen molar-refractivity contribution < 1.29 is 9.53 Å². The van der Waals surface area contributed by atoms with Crippen LogP contribution in [0.4, 0.5) is 0 Å². The summed E-state index contributed by atoms with van der Waals surface area (Å²) in [5, 5.41) is 3.01. The molecule has 4 nitrogen and oxygen atoms in total. The third-order valence-corrected chi connectivity index (χ3v) is 4.47. The van der Waals surface area contributed by atoms with E-state index in [2.05, 4.69) is 47.2 Å². The van der Waals surface area contributed by atoms with E-state index in [1.165, 1.54) is 5.56 Å². The molecule has 1 saturated heterocycles. The number of carbonyl (C=O) groups is 1. The van der Waals surface area contributed by atoms with Crippen molar-refractivity contribution in [3.63, 3.8) is 0 Å². The van der Waals surface area contributed by atoms with Crippen LogP contribution in [0.5, 0.6) is 0 Å². The average molecular weight is 392 g/mol. The van der Waals surface area contributed by atoms with E-state index in [-0.39, 0.29) is 35.9 Å². The molecule has 0 unspecified atom stereocenters. The first-order valence-corrected chi connectivity index (χ1v) is 8.11. The molecule has 0 radical (unpaired) electrons. The molecule has 1 aliphatic heterocycles. The summed E-state index contributed by atoms with van der Waals surface area (Å²) in [5.41, 5.74) is 6.62. The van der Waals surface area contributed by atoms with Gasteiger partial charge in [-0.3, -0.25) is 4.79 Å². The number of benzene rings is 1. The molecule has 2 atom stereocenters. The molecule has 0 saturated carbocycles. The van der Waals surface area contributed by atoms with Gasteiger partial charge in [0.2, 0.25) is 5.91 Å². The van der Waals surface area contributed by atoms with Crippen molar-refractivity contribution in [2.24, 2.45) is 5.73 Å². The molecule has 3 N–H and O–H groups in total. The van der Waals surface area contributed by atoms with Gasteiger partial charge in [0.15, 0.2) is 0 Å². The highest BCUT2D eigenvalue weighted by molar-refractivity contribution is 9.10. The van der Waals surface area contributed by atoms with Crippen molar-refractivity contribution in [3.05, 3.63) is 34.3 Å². The molecule has 1 aromatic carbocycles. The number of halogens is 2. The molecule has 0 aliphatic carbocycles. The first-order valence-electron chi connectivity index (χ1n) is 7.31. The third-order valence-electron chi connectivity index (χ3n) is 3.97. The largest absolute Gasteiger partial charge is 0.364 e. The summed E-state index contributed by atoms with van der Waals surface area (Å²) in [7, 11) is 0. The minimum Gasteiger partial charge on any atom is -0.364 e. The number of hydrogen-bond donors (Lipinski definition) is 2. The lowest BCUT2D eigenvalue weighted by atomic mass is 9.84. The Hall–Kier alpha value is -0.620. The Morgan fingerprint density at radius 3 is 2.77 bits per heavy atom. The molecule has 1 fully saturated rings. The van der Waals surface area contributed by atoms with Crippen molar-refractivity contribution in [3.8, 4) is 0 Å². The molecule has 1 heterocycles. The van der Waals surface area contributed by atoms with Crippen molar-refractivity contribution in [2.45, 2.75) is 44.3 Å². The summed E-state index contributed by atoms with van der Waals surface area (Å²) >= 11 is 3.48. The molecule has 6 heteroatoms. The van der Waals surface area contributed by atoms with Crippen molar-refractivity contribution in [1.29, 1.82) is 0 Å². The van der Waals surface area contributed by atoms with Gasteiger partial charge in [-0.2, -0.15) is 0 Å². The summed E-state index contributed by atoms with van der Waals surface area (Å²) < 4.78 is 6.66. The summed E-state index contributed by atoms with van der Waals surface area (Å²) in [6.07, 6.45) is 1.30. The van der Waals surface area contributed by atoms with Crippen molar-refractivity contribution in [2.75, 3.05) is 13.1 Å². The van der Waals surface area contributed by atoms with E-state index in [9.17, 15) is 4.79 Å². The van der Waals surface area contributed by atoms with E-state index in [1.807, 2.05) is 12.1 Å². The van der Waals surface area contributed by atoms with Crippen LogP contribution in [-0.4, -0.2) is 31.2 Å². The highest BCUT2D eigenvalue weighted by Crippen LogP contribution is 2.25. The highest BCUT2D eigenvalue weighted by atomic mass is 79.9. The monoisotopic (exact) mass is 390 g/mol. The molecule has 1 aliphatic rings. The summed E-state index contributed by atoms with van der Waals surface area (Å²) in [4.78, 5) is 12.2. The van der Waals surface area contributed by atoms with Gasteiger partial charge < -0.3 is 15.8 Å². The van der Waals surface area contributed by atoms with Crippen LogP contribution in [0.2, 0.25) is 0 Å². The number of ether oxygens (including phenoxy) is 1. The van der Waals surface area contributed by atoms with Crippen LogP contribution in [0.1, 0.15) is 32.3 Å². The van der Waals surface area contributed by atoms with Gasteiger partial charge >= 0.3 is 0 Å². The number of nitrogens with two attached hydrogens (primary N) is 1. The fraction of sp³-hybridized carbons (Fsp3) is 0.562. The lowest BCUT2D eigenvalue weighted by molar-refractivity contribution is -0.132. The highest BCUT2D eigenvalue weighted by Gasteiger charge is 2.31. The van der Waals surface area contributed by atoms with Gasteiger partial charge in [-0.25, -0.2) is 0 Å². The van der Waals surface area contributed by atoms with E-state index in [0.29, 0.717) is 13.1 Å². The maximum absolute atomic E-state index is 12.2. The molecule has 0 aromatic heterocycles. The second kappa shape index (κ2) is 8.29. The fourth-order valence-corrected chi connectivity index (χ4v) is 2.90. The first kappa shape index (κ1) is 19.4. The van der Waals surface area contributed by atoms with Crippen molar-refractivity contribution >= 4 is 34.2 Å². The van der Waals surface area contributed by atoms with Crippen LogP contribution >= 0.6 is 28.3 Å². The Balaban J connectivity index is 0.00000242. The molecular formula is C16H24BrClN2O2. The van der Waals surface area contributed by atoms with Gasteiger partial charge in [0.25, 0.3) is 0 Å². The molecule has 0 spiro atoms. The smallest absolute Gasteiger partial charge is 0.249 e. The Bertz CT molecular complexity index is 511.